The molecule has 2 heterocycles. The van der Waals surface area contributed by atoms with Crippen LogP contribution in [0.5, 0.6) is 11.5 Å². The molecule has 0 aliphatic carbocycles. The standard InChI is InChI=1S/C26H27IN2O5S/c1-17-8-4-5-9-19(17)16-34-24-20(27)12-18(13-21(24)33-2)14-22-25(31)29(26(32)35-22)15-23(30)28-10-6-3-7-11-28/h4-5,8-9,12-14H,3,6-7,10-11,15-16H2,1-2H3/b22-14-. The molecule has 0 aromatic heterocycles. The molecule has 0 atom stereocenters. The molecule has 0 N–H and O–H groups in total. The first-order valence-electron chi connectivity index (χ1n) is 11.5. The molecule has 7 nitrogen and oxygen atoms in total. The van der Waals surface area contributed by atoms with Gasteiger partial charge >= 0.3 is 0 Å². The molecule has 0 unspecified atom stereocenters. The number of likely N-dealkylation sites (tertiary alicyclic amines) is 1. The van der Waals surface area contributed by atoms with Crippen molar-refractivity contribution in [2.75, 3.05) is 26.7 Å². The second-order valence-electron chi connectivity index (χ2n) is 8.46. The zero-order chi connectivity index (χ0) is 24.9. The smallest absolute Gasteiger partial charge is 0.294 e. The van der Waals surface area contributed by atoms with Crippen molar-refractivity contribution in [1.82, 2.24) is 9.80 Å². The van der Waals surface area contributed by atoms with Crippen molar-refractivity contribution in [1.29, 1.82) is 0 Å². The van der Waals surface area contributed by atoms with Gasteiger partial charge in [0.05, 0.1) is 15.6 Å². The number of amides is 3. The van der Waals surface area contributed by atoms with Gasteiger partial charge in [-0.25, -0.2) is 0 Å². The van der Waals surface area contributed by atoms with Gasteiger partial charge in [0.15, 0.2) is 11.5 Å². The molecule has 2 aromatic carbocycles. The summed E-state index contributed by atoms with van der Waals surface area (Å²) in [5, 5.41) is -0.425. The summed E-state index contributed by atoms with van der Waals surface area (Å²) in [6, 6.07) is 11.7. The molecule has 0 saturated carbocycles. The molecule has 2 saturated heterocycles. The van der Waals surface area contributed by atoms with Crippen molar-refractivity contribution in [3.63, 3.8) is 0 Å². The highest BCUT2D eigenvalue weighted by Gasteiger charge is 2.37. The van der Waals surface area contributed by atoms with E-state index in [0.29, 0.717) is 36.8 Å². The summed E-state index contributed by atoms with van der Waals surface area (Å²) in [5.41, 5.74) is 2.94. The summed E-state index contributed by atoms with van der Waals surface area (Å²) in [4.78, 5) is 41.1. The lowest BCUT2D eigenvalue weighted by Crippen LogP contribution is -2.44. The Bertz CT molecular complexity index is 1180. The number of thioether (sulfide) groups is 1. The van der Waals surface area contributed by atoms with E-state index in [9.17, 15) is 14.4 Å². The number of hydrogen-bond donors (Lipinski definition) is 0. The molecule has 2 aromatic rings. The molecule has 184 valence electrons. The molecular formula is C26H27IN2O5S. The summed E-state index contributed by atoms with van der Waals surface area (Å²) >= 11 is 3.02. The number of rotatable bonds is 7. The van der Waals surface area contributed by atoms with E-state index < -0.39 is 11.1 Å². The normalized spacial score (nSPS) is 17.3. The minimum absolute atomic E-state index is 0.181. The van der Waals surface area contributed by atoms with Gasteiger partial charge in [0.25, 0.3) is 11.1 Å². The molecule has 0 spiro atoms. The van der Waals surface area contributed by atoms with Gasteiger partial charge in [0.1, 0.15) is 13.2 Å². The molecule has 0 radical (unpaired) electrons. The summed E-state index contributed by atoms with van der Waals surface area (Å²) in [6.45, 7) is 3.59. The van der Waals surface area contributed by atoms with Crippen molar-refractivity contribution in [3.8, 4) is 11.5 Å². The van der Waals surface area contributed by atoms with Crippen molar-refractivity contribution >= 4 is 57.5 Å². The van der Waals surface area contributed by atoms with Crippen molar-refractivity contribution < 1.29 is 23.9 Å². The molecule has 4 rings (SSSR count). The summed E-state index contributed by atoms with van der Waals surface area (Å²) < 4.78 is 12.5. The van der Waals surface area contributed by atoms with Crippen LogP contribution in [0.2, 0.25) is 0 Å². The first kappa shape index (κ1) is 25.6. The first-order valence-corrected chi connectivity index (χ1v) is 13.3. The van der Waals surface area contributed by atoms with E-state index >= 15 is 0 Å². The maximum absolute atomic E-state index is 12.9. The van der Waals surface area contributed by atoms with Crippen LogP contribution in [0.4, 0.5) is 4.79 Å². The number of ether oxygens (including phenoxy) is 2. The van der Waals surface area contributed by atoms with E-state index in [1.807, 2.05) is 37.3 Å². The number of carbonyl (C=O) groups excluding carboxylic acids is 3. The summed E-state index contributed by atoms with van der Waals surface area (Å²) in [7, 11) is 1.57. The van der Waals surface area contributed by atoms with Gasteiger partial charge in [0, 0.05) is 13.1 Å². The highest BCUT2D eigenvalue weighted by atomic mass is 127. The summed E-state index contributed by atoms with van der Waals surface area (Å²) in [5.74, 6) is 0.531. The van der Waals surface area contributed by atoms with Gasteiger partial charge in [-0.3, -0.25) is 19.3 Å². The third-order valence-corrected chi connectivity index (χ3v) is 7.77. The maximum atomic E-state index is 12.9. The lowest BCUT2D eigenvalue weighted by molar-refractivity contribution is -0.136. The maximum Gasteiger partial charge on any atom is 0.294 e. The average molecular weight is 606 g/mol. The third-order valence-electron chi connectivity index (χ3n) is 6.06. The fraction of sp³-hybridized carbons (Fsp3) is 0.346. The molecule has 2 aliphatic heterocycles. The van der Waals surface area contributed by atoms with Crippen molar-refractivity contribution in [3.05, 3.63) is 61.6 Å². The van der Waals surface area contributed by atoms with E-state index in [1.54, 1.807) is 24.2 Å². The number of hydrogen-bond acceptors (Lipinski definition) is 6. The molecule has 35 heavy (non-hydrogen) atoms. The minimum atomic E-state index is -0.445. The number of aryl methyl sites for hydroxylation is 1. The van der Waals surface area contributed by atoms with Crippen molar-refractivity contribution in [2.45, 2.75) is 32.8 Å². The van der Waals surface area contributed by atoms with Crippen LogP contribution in [0.3, 0.4) is 0 Å². The van der Waals surface area contributed by atoms with E-state index in [1.165, 1.54) is 0 Å². The number of piperidine rings is 1. The number of methoxy groups -OCH3 is 1. The molecule has 0 bridgehead atoms. The fourth-order valence-corrected chi connectivity index (χ4v) is 5.67. The Morgan fingerprint density at radius 3 is 2.60 bits per heavy atom. The van der Waals surface area contributed by atoms with Crippen LogP contribution in [-0.2, 0) is 16.2 Å². The van der Waals surface area contributed by atoms with Gasteiger partial charge in [-0.05, 0) is 95.4 Å². The third kappa shape index (κ3) is 6.00. The van der Waals surface area contributed by atoms with E-state index in [4.69, 9.17) is 9.47 Å². The number of nitrogens with zero attached hydrogens (tertiary/aromatic N) is 2. The molecule has 2 fully saturated rings. The Labute approximate surface area is 223 Å². The second-order valence-corrected chi connectivity index (χ2v) is 10.6. The fourth-order valence-electron chi connectivity index (χ4n) is 4.05. The Balaban J connectivity index is 1.49. The van der Waals surface area contributed by atoms with E-state index in [0.717, 1.165) is 50.6 Å². The van der Waals surface area contributed by atoms with Crippen LogP contribution in [0.25, 0.3) is 6.08 Å². The van der Waals surface area contributed by atoms with Gasteiger partial charge in [0.2, 0.25) is 5.91 Å². The largest absolute Gasteiger partial charge is 0.493 e. The topological polar surface area (TPSA) is 76.2 Å². The predicted molar refractivity (Wildman–Crippen MR) is 144 cm³/mol. The lowest BCUT2D eigenvalue weighted by atomic mass is 10.1. The SMILES string of the molecule is COc1cc(/C=C2\SC(=O)N(CC(=O)N3CCCCC3)C2=O)cc(I)c1OCc1ccccc1C. The molecule has 3 amide bonds. The number of carbonyl (C=O) groups is 3. The number of benzene rings is 2. The quantitative estimate of drug-likeness (QED) is 0.317. The van der Waals surface area contributed by atoms with Crippen molar-refractivity contribution in [2.24, 2.45) is 0 Å². The number of halogens is 1. The van der Waals surface area contributed by atoms with Crippen LogP contribution in [0.15, 0.2) is 41.3 Å². The Morgan fingerprint density at radius 2 is 1.89 bits per heavy atom. The Morgan fingerprint density at radius 1 is 1.14 bits per heavy atom. The van der Waals surface area contributed by atoms with Crippen LogP contribution in [0.1, 0.15) is 36.0 Å². The molecule has 9 heteroatoms. The van der Waals surface area contributed by atoms with E-state index in [2.05, 4.69) is 22.6 Å². The molecule has 2 aliphatic rings. The van der Waals surface area contributed by atoms with Crippen LogP contribution in [0, 0.1) is 10.5 Å². The van der Waals surface area contributed by atoms with Gasteiger partial charge in [-0.1, -0.05) is 24.3 Å². The van der Waals surface area contributed by atoms with Gasteiger partial charge in [-0.15, -0.1) is 0 Å². The monoisotopic (exact) mass is 606 g/mol. The average Bonchev–Trinajstić information content (AvgIpc) is 3.11. The van der Waals surface area contributed by atoms with Gasteiger partial charge in [-0.2, -0.15) is 0 Å². The first-order chi connectivity index (χ1) is 16.9. The number of imide groups is 1. The van der Waals surface area contributed by atoms with Crippen LogP contribution in [-0.4, -0.2) is 53.6 Å². The second kappa shape index (κ2) is 11.5. The van der Waals surface area contributed by atoms with Crippen LogP contribution >= 0.6 is 34.4 Å². The predicted octanol–water partition coefficient (Wildman–Crippen LogP) is 5.24. The Kier molecular flexibility index (Phi) is 8.38. The molecular weight excluding hydrogens is 579 g/mol. The lowest BCUT2D eigenvalue weighted by Gasteiger charge is -2.27. The van der Waals surface area contributed by atoms with Gasteiger partial charge < -0.3 is 14.4 Å². The summed E-state index contributed by atoms with van der Waals surface area (Å²) in [6.07, 6.45) is 4.68. The van der Waals surface area contributed by atoms with E-state index in [-0.39, 0.29) is 17.4 Å². The zero-order valence-electron chi connectivity index (χ0n) is 19.7. The zero-order valence-corrected chi connectivity index (χ0v) is 22.7. The Hall–Kier alpha value is -2.53. The highest BCUT2D eigenvalue weighted by Crippen LogP contribution is 2.37. The highest BCUT2D eigenvalue weighted by molar-refractivity contribution is 14.1. The van der Waals surface area contributed by atoms with Crippen LogP contribution < -0.4 is 9.47 Å². The minimum Gasteiger partial charge on any atom is -0.493 e.